The molecule has 154 valence electrons. The number of ether oxygens (including phenoxy) is 2. The lowest BCUT2D eigenvalue weighted by Crippen LogP contribution is -2.40. The van der Waals surface area contributed by atoms with Gasteiger partial charge in [0.25, 0.3) is 0 Å². The van der Waals surface area contributed by atoms with Crippen LogP contribution in [0, 0.1) is 5.92 Å². The van der Waals surface area contributed by atoms with E-state index in [0.717, 1.165) is 43.2 Å². The number of alkyl halides is 3. The molecule has 1 aromatic carbocycles. The third-order valence-corrected chi connectivity index (χ3v) is 4.58. The molecule has 1 aromatic heterocycles. The molecule has 1 unspecified atom stereocenters. The van der Waals surface area contributed by atoms with Crippen molar-refractivity contribution in [3.63, 3.8) is 0 Å². The van der Waals surface area contributed by atoms with E-state index in [-0.39, 0.29) is 6.10 Å². The predicted molar refractivity (Wildman–Crippen MR) is 99.2 cm³/mol. The molecule has 0 radical (unpaired) electrons. The van der Waals surface area contributed by atoms with Crippen LogP contribution in [0.3, 0.4) is 0 Å². The molecule has 2 heterocycles. The molecule has 1 atom stereocenters. The number of halogens is 3. The number of nitrogens with zero attached hydrogens (tertiary/aromatic N) is 2. The number of aromatic amines is 1. The van der Waals surface area contributed by atoms with Gasteiger partial charge in [0.15, 0.2) is 0 Å². The third kappa shape index (κ3) is 5.72. The number of rotatable bonds is 7. The van der Waals surface area contributed by atoms with E-state index in [1.165, 1.54) is 12.1 Å². The number of hydrogen-bond acceptors (Lipinski definition) is 4. The van der Waals surface area contributed by atoms with Crippen LogP contribution in [-0.2, 0) is 17.3 Å². The van der Waals surface area contributed by atoms with Gasteiger partial charge < -0.3 is 9.47 Å². The Kier molecular flexibility index (Phi) is 6.61. The topological polar surface area (TPSA) is 50.4 Å². The summed E-state index contributed by atoms with van der Waals surface area (Å²) < 4.78 is 49.1. The number of H-pyrrole nitrogens is 1. The molecule has 8 heteroatoms. The van der Waals surface area contributed by atoms with E-state index < -0.39 is 11.7 Å². The Morgan fingerprint density at radius 1 is 1.29 bits per heavy atom. The third-order valence-electron chi connectivity index (χ3n) is 4.58. The number of hydrogen-bond donors (Lipinski definition) is 1. The molecule has 0 amide bonds. The fourth-order valence-corrected chi connectivity index (χ4v) is 3.26. The van der Waals surface area contributed by atoms with Crippen molar-refractivity contribution in [3.05, 3.63) is 47.3 Å². The average molecular weight is 397 g/mol. The Hall–Kier alpha value is -2.06. The number of morpholine rings is 1. The first kappa shape index (κ1) is 20.7. The van der Waals surface area contributed by atoms with E-state index in [4.69, 9.17) is 9.47 Å². The van der Waals surface area contributed by atoms with E-state index in [2.05, 4.69) is 28.9 Å². The molecule has 0 bridgehead atoms. The van der Waals surface area contributed by atoms with Gasteiger partial charge in [-0.15, -0.1) is 0 Å². The molecule has 0 aliphatic carbocycles. The maximum absolute atomic E-state index is 12.6. The smallest absolute Gasteiger partial charge is 0.416 e. The van der Waals surface area contributed by atoms with Crippen molar-refractivity contribution in [3.8, 4) is 5.75 Å². The van der Waals surface area contributed by atoms with Gasteiger partial charge in [0, 0.05) is 31.7 Å². The van der Waals surface area contributed by atoms with Crippen LogP contribution in [0.1, 0.15) is 36.9 Å². The lowest BCUT2D eigenvalue weighted by atomic mass is 10.1. The monoisotopic (exact) mass is 397 g/mol. The van der Waals surface area contributed by atoms with Crippen LogP contribution in [0.25, 0.3) is 0 Å². The second-order valence-corrected chi connectivity index (χ2v) is 7.45. The first-order valence-corrected chi connectivity index (χ1v) is 9.49. The zero-order chi connectivity index (χ0) is 20.1. The van der Waals surface area contributed by atoms with Crippen molar-refractivity contribution in [2.75, 3.05) is 32.8 Å². The highest BCUT2D eigenvalue weighted by molar-refractivity contribution is 5.28. The first-order valence-electron chi connectivity index (χ1n) is 9.49. The summed E-state index contributed by atoms with van der Waals surface area (Å²) in [5.41, 5.74) is 1.10. The molecule has 2 aromatic rings. The minimum atomic E-state index is -4.34. The summed E-state index contributed by atoms with van der Waals surface area (Å²) in [6.07, 6.45) is -3.80. The van der Waals surface area contributed by atoms with Gasteiger partial charge in [-0.3, -0.25) is 10.00 Å². The Labute approximate surface area is 162 Å². The van der Waals surface area contributed by atoms with E-state index in [1.807, 2.05) is 6.07 Å². The normalized spacial score (nSPS) is 18.6. The van der Waals surface area contributed by atoms with Gasteiger partial charge in [-0.2, -0.15) is 18.3 Å². The lowest BCUT2D eigenvalue weighted by molar-refractivity contribution is -0.137. The number of benzene rings is 1. The summed E-state index contributed by atoms with van der Waals surface area (Å²) in [5, 5.41) is 7.36. The second-order valence-electron chi connectivity index (χ2n) is 7.45. The molecule has 1 N–H and O–H groups in total. The van der Waals surface area contributed by atoms with Crippen molar-refractivity contribution in [2.45, 2.75) is 32.5 Å². The average Bonchev–Trinajstić information content (AvgIpc) is 3.10. The first-order chi connectivity index (χ1) is 13.3. The van der Waals surface area contributed by atoms with Gasteiger partial charge in [-0.05, 0) is 36.2 Å². The summed E-state index contributed by atoms with van der Waals surface area (Å²) in [5.74, 6) is 1.02. The number of nitrogens with one attached hydrogen (secondary N) is 1. The van der Waals surface area contributed by atoms with Gasteiger partial charge in [0.1, 0.15) is 11.9 Å². The predicted octanol–water partition coefficient (Wildman–Crippen LogP) is 4.08. The minimum absolute atomic E-state index is 0.0478. The SMILES string of the molecule is CC(C)CN1CCOC(c2cc(CCOc3ccc(C(F)(F)F)cc3)[nH]n2)C1. The largest absolute Gasteiger partial charge is 0.493 e. The van der Waals surface area contributed by atoms with Crippen molar-refractivity contribution >= 4 is 0 Å². The molecule has 28 heavy (non-hydrogen) atoms. The highest BCUT2D eigenvalue weighted by Gasteiger charge is 2.30. The van der Waals surface area contributed by atoms with Crippen molar-refractivity contribution in [1.82, 2.24) is 15.1 Å². The molecule has 0 spiro atoms. The van der Waals surface area contributed by atoms with Crippen LogP contribution < -0.4 is 4.74 Å². The molecule has 1 saturated heterocycles. The molecule has 5 nitrogen and oxygen atoms in total. The van der Waals surface area contributed by atoms with E-state index in [0.29, 0.717) is 31.3 Å². The molecule has 1 aliphatic rings. The fraction of sp³-hybridized carbons (Fsp3) is 0.550. The van der Waals surface area contributed by atoms with Crippen LogP contribution in [-0.4, -0.2) is 47.9 Å². The van der Waals surface area contributed by atoms with E-state index in [9.17, 15) is 13.2 Å². The zero-order valence-electron chi connectivity index (χ0n) is 16.1. The van der Waals surface area contributed by atoms with Gasteiger partial charge in [-0.25, -0.2) is 0 Å². The summed E-state index contributed by atoms with van der Waals surface area (Å²) in [6, 6.07) is 6.68. The summed E-state index contributed by atoms with van der Waals surface area (Å²) in [7, 11) is 0. The van der Waals surface area contributed by atoms with Crippen LogP contribution in [0.2, 0.25) is 0 Å². The summed E-state index contributed by atoms with van der Waals surface area (Å²) in [4.78, 5) is 2.39. The minimum Gasteiger partial charge on any atom is -0.493 e. The van der Waals surface area contributed by atoms with Gasteiger partial charge in [-0.1, -0.05) is 13.8 Å². The van der Waals surface area contributed by atoms with Gasteiger partial charge >= 0.3 is 6.18 Å². The molecular weight excluding hydrogens is 371 g/mol. The zero-order valence-corrected chi connectivity index (χ0v) is 16.1. The van der Waals surface area contributed by atoms with Crippen molar-refractivity contribution in [2.24, 2.45) is 5.92 Å². The maximum Gasteiger partial charge on any atom is 0.416 e. The standard InChI is InChI=1S/C20H26F3N3O2/c1-14(2)12-26-8-10-28-19(13-26)18-11-16(24-25-18)7-9-27-17-5-3-15(4-6-17)20(21,22)23/h3-6,11,14,19H,7-10,12-13H2,1-2H3,(H,24,25). The molecule has 0 saturated carbocycles. The molecule has 1 aliphatic heterocycles. The quantitative estimate of drug-likeness (QED) is 0.765. The second kappa shape index (κ2) is 8.96. The van der Waals surface area contributed by atoms with Crippen molar-refractivity contribution < 1.29 is 22.6 Å². The molecule has 1 fully saturated rings. The lowest BCUT2D eigenvalue weighted by Gasteiger charge is -2.33. The van der Waals surface area contributed by atoms with Gasteiger partial charge in [0.05, 0.1) is 24.5 Å². The van der Waals surface area contributed by atoms with Crippen LogP contribution >= 0.6 is 0 Å². The van der Waals surface area contributed by atoms with Crippen LogP contribution in [0.5, 0.6) is 5.75 Å². The van der Waals surface area contributed by atoms with Crippen LogP contribution in [0.15, 0.2) is 30.3 Å². The molecule has 3 rings (SSSR count). The number of aromatic nitrogens is 2. The van der Waals surface area contributed by atoms with Gasteiger partial charge in [0.2, 0.25) is 0 Å². The van der Waals surface area contributed by atoms with E-state index >= 15 is 0 Å². The Bertz CT molecular complexity index is 744. The highest BCUT2D eigenvalue weighted by Crippen LogP contribution is 2.30. The summed E-state index contributed by atoms with van der Waals surface area (Å²) in [6.45, 7) is 8.24. The Morgan fingerprint density at radius 2 is 2.04 bits per heavy atom. The Balaban J connectivity index is 1.48. The fourth-order valence-electron chi connectivity index (χ4n) is 3.26. The highest BCUT2D eigenvalue weighted by atomic mass is 19.4. The van der Waals surface area contributed by atoms with Crippen LogP contribution in [0.4, 0.5) is 13.2 Å². The Morgan fingerprint density at radius 3 is 2.71 bits per heavy atom. The maximum atomic E-state index is 12.6. The molecular formula is C20H26F3N3O2. The summed E-state index contributed by atoms with van der Waals surface area (Å²) >= 11 is 0. The van der Waals surface area contributed by atoms with Crippen molar-refractivity contribution in [1.29, 1.82) is 0 Å². The van der Waals surface area contributed by atoms with E-state index in [1.54, 1.807) is 0 Å².